The lowest BCUT2D eigenvalue weighted by atomic mass is 9.49. The summed E-state index contributed by atoms with van der Waals surface area (Å²) in [6.07, 6.45) is 7.06. The Morgan fingerprint density at radius 1 is 1.08 bits per heavy atom. The summed E-state index contributed by atoms with van der Waals surface area (Å²) in [6.45, 7) is 0.486. The van der Waals surface area contributed by atoms with Crippen LogP contribution in [0, 0.1) is 29.0 Å². The van der Waals surface area contributed by atoms with E-state index in [1.54, 1.807) is 12.1 Å². The van der Waals surface area contributed by atoms with Gasteiger partial charge in [0.15, 0.2) is 5.11 Å². The third-order valence-corrected chi connectivity index (χ3v) is 6.36. The summed E-state index contributed by atoms with van der Waals surface area (Å²) in [7, 11) is 0. The molecule has 5 rings (SSSR count). The van der Waals surface area contributed by atoms with Crippen molar-refractivity contribution in [2.45, 2.75) is 45.1 Å². The van der Waals surface area contributed by atoms with E-state index in [1.807, 2.05) is 0 Å². The molecule has 0 spiro atoms. The number of hydrogen-bond donors (Lipinski definition) is 2. The normalized spacial score (nSPS) is 33.3. The minimum absolute atomic E-state index is 0.109. The summed E-state index contributed by atoms with van der Waals surface area (Å²) < 4.78 is 12.9. The van der Waals surface area contributed by atoms with Crippen LogP contribution in [0.2, 0.25) is 0 Å². The smallest absolute Gasteiger partial charge is 0.232 e. The summed E-state index contributed by atoms with van der Waals surface area (Å²) >= 11 is 5.29. The fourth-order valence-corrected chi connectivity index (χ4v) is 5.62. The van der Waals surface area contributed by atoms with Crippen molar-refractivity contribution in [2.75, 3.05) is 0 Å². The number of amides is 1. The molecule has 0 heterocycles. The number of halogens is 1. The molecule has 3 nitrogen and oxygen atoms in total. The van der Waals surface area contributed by atoms with Gasteiger partial charge in [-0.1, -0.05) is 12.1 Å². The Morgan fingerprint density at radius 2 is 1.62 bits per heavy atom. The summed E-state index contributed by atoms with van der Waals surface area (Å²) in [5.74, 6) is 2.07. The SMILES string of the molecule is O=C(NC(=S)NCc1ccc(F)cc1)C12CC3CC(CC(C3)C1)C2. The van der Waals surface area contributed by atoms with Crippen LogP contribution in [0.15, 0.2) is 24.3 Å². The van der Waals surface area contributed by atoms with E-state index in [4.69, 9.17) is 12.2 Å². The van der Waals surface area contributed by atoms with Gasteiger partial charge in [0, 0.05) is 6.54 Å². The Kier molecular flexibility index (Phi) is 4.07. The number of thiocarbonyl (C=S) groups is 1. The second-order valence-corrected chi connectivity index (χ2v) is 8.37. The summed E-state index contributed by atoms with van der Waals surface area (Å²) in [5, 5.41) is 6.36. The molecule has 4 bridgehead atoms. The average Bonchev–Trinajstić information content (AvgIpc) is 2.53. The number of nitrogens with one attached hydrogen (secondary N) is 2. The van der Waals surface area contributed by atoms with Crippen molar-refractivity contribution in [3.05, 3.63) is 35.6 Å². The van der Waals surface area contributed by atoms with Crippen molar-refractivity contribution in [3.63, 3.8) is 0 Å². The number of rotatable bonds is 3. The summed E-state index contributed by atoms with van der Waals surface area (Å²) in [4.78, 5) is 12.9. The summed E-state index contributed by atoms with van der Waals surface area (Å²) in [5.41, 5.74) is 0.749. The van der Waals surface area contributed by atoms with E-state index < -0.39 is 0 Å². The highest BCUT2D eigenvalue weighted by Gasteiger charge is 2.54. The highest BCUT2D eigenvalue weighted by molar-refractivity contribution is 7.80. The van der Waals surface area contributed by atoms with Crippen molar-refractivity contribution >= 4 is 23.2 Å². The lowest BCUT2D eigenvalue weighted by Crippen LogP contribution is -2.55. The molecule has 1 amide bonds. The number of carbonyl (C=O) groups excluding carboxylic acids is 1. The van der Waals surface area contributed by atoms with E-state index in [0.29, 0.717) is 11.7 Å². The van der Waals surface area contributed by atoms with Crippen LogP contribution in [-0.2, 0) is 11.3 Å². The highest BCUT2D eigenvalue weighted by Crippen LogP contribution is 2.60. The van der Waals surface area contributed by atoms with E-state index in [-0.39, 0.29) is 17.1 Å². The molecule has 0 aliphatic heterocycles. The minimum Gasteiger partial charge on any atom is -0.358 e. The van der Waals surface area contributed by atoms with Crippen molar-refractivity contribution in [1.29, 1.82) is 0 Å². The molecule has 0 atom stereocenters. The molecular weight excluding hydrogens is 323 g/mol. The molecule has 0 aromatic heterocycles. The molecule has 1 aromatic carbocycles. The monoisotopic (exact) mass is 346 g/mol. The highest BCUT2D eigenvalue weighted by atomic mass is 32.1. The Hall–Kier alpha value is -1.49. The first kappa shape index (κ1) is 16.0. The van der Waals surface area contributed by atoms with Gasteiger partial charge in [-0.2, -0.15) is 0 Å². The van der Waals surface area contributed by atoms with Gasteiger partial charge in [0.2, 0.25) is 5.91 Å². The largest absolute Gasteiger partial charge is 0.358 e. The maximum atomic E-state index is 12.9. The van der Waals surface area contributed by atoms with Gasteiger partial charge >= 0.3 is 0 Å². The van der Waals surface area contributed by atoms with E-state index in [0.717, 1.165) is 42.6 Å². The van der Waals surface area contributed by atoms with Crippen LogP contribution in [0.1, 0.15) is 44.1 Å². The number of carbonyl (C=O) groups is 1. The number of hydrogen-bond acceptors (Lipinski definition) is 2. The third kappa shape index (κ3) is 3.06. The van der Waals surface area contributed by atoms with Gasteiger partial charge in [-0.25, -0.2) is 4.39 Å². The Labute approximate surface area is 147 Å². The van der Waals surface area contributed by atoms with E-state index >= 15 is 0 Å². The predicted octanol–water partition coefficient (Wildman–Crippen LogP) is 3.53. The van der Waals surface area contributed by atoms with E-state index in [1.165, 1.54) is 31.4 Å². The molecule has 4 aliphatic rings. The van der Waals surface area contributed by atoms with Crippen LogP contribution in [0.4, 0.5) is 4.39 Å². The first-order valence-electron chi connectivity index (χ1n) is 8.86. The molecule has 0 unspecified atom stereocenters. The second kappa shape index (κ2) is 6.10. The minimum atomic E-state index is -0.253. The van der Waals surface area contributed by atoms with Crippen molar-refractivity contribution in [2.24, 2.45) is 23.2 Å². The van der Waals surface area contributed by atoms with Gasteiger partial charge in [0.25, 0.3) is 0 Å². The van der Waals surface area contributed by atoms with Crippen LogP contribution < -0.4 is 10.6 Å². The Morgan fingerprint density at radius 3 is 2.17 bits per heavy atom. The van der Waals surface area contributed by atoms with Crippen molar-refractivity contribution < 1.29 is 9.18 Å². The third-order valence-electron chi connectivity index (χ3n) is 6.11. The molecule has 128 valence electrons. The zero-order valence-electron chi connectivity index (χ0n) is 13.7. The molecule has 0 saturated heterocycles. The molecule has 4 fully saturated rings. The lowest BCUT2D eigenvalue weighted by molar-refractivity contribution is -0.144. The topological polar surface area (TPSA) is 41.1 Å². The predicted molar refractivity (Wildman–Crippen MR) is 94.6 cm³/mol. The van der Waals surface area contributed by atoms with Crippen LogP contribution in [-0.4, -0.2) is 11.0 Å². The summed E-state index contributed by atoms with van der Waals surface area (Å²) in [6, 6.07) is 6.28. The lowest BCUT2D eigenvalue weighted by Gasteiger charge is -2.55. The van der Waals surface area contributed by atoms with Crippen molar-refractivity contribution in [3.8, 4) is 0 Å². The first-order chi connectivity index (χ1) is 11.5. The second-order valence-electron chi connectivity index (χ2n) is 7.96. The zero-order chi connectivity index (χ0) is 16.7. The molecule has 4 aliphatic carbocycles. The van der Waals surface area contributed by atoms with Crippen LogP contribution in [0.3, 0.4) is 0 Å². The number of benzene rings is 1. The molecule has 2 N–H and O–H groups in total. The molecule has 24 heavy (non-hydrogen) atoms. The molecule has 4 saturated carbocycles. The van der Waals surface area contributed by atoms with Crippen LogP contribution in [0.5, 0.6) is 0 Å². The molecule has 1 aromatic rings. The standard InChI is InChI=1S/C19H23FN2OS/c20-16-3-1-12(2-4-16)11-21-18(24)22-17(23)19-8-13-5-14(9-19)7-15(6-13)10-19/h1-4,13-15H,5-11H2,(H2,21,22,23,24). The fraction of sp³-hybridized carbons (Fsp3) is 0.579. The Balaban J connectivity index is 1.34. The van der Waals surface area contributed by atoms with Gasteiger partial charge in [-0.05, 0) is 86.2 Å². The van der Waals surface area contributed by atoms with E-state index in [9.17, 15) is 9.18 Å². The van der Waals surface area contributed by atoms with E-state index in [2.05, 4.69) is 10.6 Å². The quantitative estimate of drug-likeness (QED) is 0.823. The molecular formula is C19H23FN2OS. The van der Waals surface area contributed by atoms with Gasteiger partial charge in [-0.3, -0.25) is 4.79 Å². The first-order valence-corrected chi connectivity index (χ1v) is 9.27. The van der Waals surface area contributed by atoms with Crippen LogP contribution in [0.25, 0.3) is 0 Å². The maximum Gasteiger partial charge on any atom is 0.232 e. The van der Waals surface area contributed by atoms with Gasteiger partial charge < -0.3 is 10.6 Å². The average molecular weight is 346 g/mol. The maximum absolute atomic E-state index is 12.9. The van der Waals surface area contributed by atoms with Gasteiger partial charge in [0.1, 0.15) is 5.82 Å². The fourth-order valence-electron chi connectivity index (χ4n) is 5.45. The molecule has 5 heteroatoms. The van der Waals surface area contributed by atoms with Gasteiger partial charge in [0.05, 0.1) is 5.41 Å². The molecule has 0 radical (unpaired) electrons. The van der Waals surface area contributed by atoms with Crippen molar-refractivity contribution in [1.82, 2.24) is 10.6 Å². The van der Waals surface area contributed by atoms with Gasteiger partial charge in [-0.15, -0.1) is 0 Å². The Bertz CT molecular complexity index is 623. The van der Waals surface area contributed by atoms with Crippen LogP contribution >= 0.6 is 12.2 Å². The zero-order valence-corrected chi connectivity index (χ0v) is 14.5.